The van der Waals surface area contributed by atoms with Crippen LogP contribution in [-0.4, -0.2) is 46.4 Å². The molecular weight excluding hydrogens is 378 g/mol. The SMILES string of the molecule is CC(C)N(CC(=O)N[C@@H](CC1CCCCC1)C(=O)NCc1ccc(N)nc1)C(C)C. The van der Waals surface area contributed by atoms with Crippen LogP contribution < -0.4 is 16.4 Å². The van der Waals surface area contributed by atoms with Crippen molar-refractivity contribution >= 4 is 17.6 Å². The Kier molecular flexibility index (Phi) is 9.56. The summed E-state index contributed by atoms with van der Waals surface area (Å²) < 4.78 is 0. The standard InChI is InChI=1S/C23H39N5O2/c1-16(2)28(17(3)4)15-22(29)27-20(12-18-8-6-5-7-9-18)23(30)26-14-19-10-11-21(24)25-13-19/h10-11,13,16-18,20H,5-9,12,14-15H2,1-4H3,(H2,24,25)(H,26,30)(H,27,29)/t20-/m0/s1. The van der Waals surface area contributed by atoms with Crippen LogP contribution in [0.3, 0.4) is 0 Å². The van der Waals surface area contributed by atoms with Crippen LogP contribution in [-0.2, 0) is 16.1 Å². The number of hydrogen-bond donors (Lipinski definition) is 3. The number of carbonyl (C=O) groups excluding carboxylic acids is 2. The van der Waals surface area contributed by atoms with Gasteiger partial charge >= 0.3 is 0 Å². The van der Waals surface area contributed by atoms with Crippen molar-refractivity contribution in [3.8, 4) is 0 Å². The van der Waals surface area contributed by atoms with E-state index in [1.54, 1.807) is 12.3 Å². The first-order chi connectivity index (χ1) is 14.3. The zero-order chi connectivity index (χ0) is 22.1. The second kappa shape index (κ2) is 11.9. The largest absolute Gasteiger partial charge is 0.384 e. The fraction of sp³-hybridized carbons (Fsp3) is 0.696. The van der Waals surface area contributed by atoms with Gasteiger partial charge in [-0.1, -0.05) is 38.2 Å². The van der Waals surface area contributed by atoms with Gasteiger partial charge in [0.15, 0.2) is 0 Å². The molecule has 0 aromatic carbocycles. The van der Waals surface area contributed by atoms with E-state index in [0.29, 0.717) is 31.2 Å². The van der Waals surface area contributed by atoms with Crippen LogP contribution in [0, 0.1) is 5.92 Å². The summed E-state index contributed by atoms with van der Waals surface area (Å²) in [4.78, 5) is 31.9. The molecule has 1 aromatic rings. The minimum absolute atomic E-state index is 0.0949. The molecule has 0 radical (unpaired) electrons. The van der Waals surface area contributed by atoms with Gasteiger partial charge in [-0.25, -0.2) is 4.98 Å². The van der Waals surface area contributed by atoms with Gasteiger partial charge in [0, 0.05) is 24.8 Å². The molecule has 1 aromatic heterocycles. The summed E-state index contributed by atoms with van der Waals surface area (Å²) in [6, 6.07) is 3.58. The number of carbonyl (C=O) groups is 2. The minimum Gasteiger partial charge on any atom is -0.384 e. The molecule has 1 heterocycles. The summed E-state index contributed by atoms with van der Waals surface area (Å²) in [7, 11) is 0. The van der Waals surface area contributed by atoms with Gasteiger partial charge in [0.05, 0.1) is 6.54 Å². The van der Waals surface area contributed by atoms with Gasteiger partial charge in [-0.3, -0.25) is 14.5 Å². The lowest BCUT2D eigenvalue weighted by atomic mass is 9.84. The highest BCUT2D eigenvalue weighted by molar-refractivity contribution is 5.88. The van der Waals surface area contributed by atoms with Crippen LogP contribution in [0.25, 0.3) is 0 Å². The first-order valence-corrected chi connectivity index (χ1v) is 11.3. The number of pyridine rings is 1. The molecule has 1 atom stereocenters. The van der Waals surface area contributed by atoms with E-state index >= 15 is 0 Å². The lowest BCUT2D eigenvalue weighted by Crippen LogP contribution is -2.51. The Bertz CT molecular complexity index is 661. The monoisotopic (exact) mass is 417 g/mol. The quantitative estimate of drug-likeness (QED) is 0.543. The maximum atomic E-state index is 13.0. The molecule has 1 aliphatic carbocycles. The highest BCUT2D eigenvalue weighted by Crippen LogP contribution is 2.27. The highest BCUT2D eigenvalue weighted by Gasteiger charge is 2.27. The molecule has 2 rings (SSSR count). The summed E-state index contributed by atoms with van der Waals surface area (Å²) in [6.07, 6.45) is 8.30. The Morgan fingerprint density at radius 2 is 1.80 bits per heavy atom. The normalized spacial score (nSPS) is 16.1. The van der Waals surface area contributed by atoms with E-state index in [4.69, 9.17) is 5.73 Å². The molecule has 30 heavy (non-hydrogen) atoms. The van der Waals surface area contributed by atoms with Crippen LogP contribution in [0.4, 0.5) is 5.82 Å². The number of amides is 2. The average molecular weight is 418 g/mol. The molecule has 2 amide bonds. The smallest absolute Gasteiger partial charge is 0.242 e. The van der Waals surface area contributed by atoms with Crippen molar-refractivity contribution in [1.29, 1.82) is 0 Å². The second-order valence-corrected chi connectivity index (χ2v) is 9.03. The van der Waals surface area contributed by atoms with E-state index in [9.17, 15) is 9.59 Å². The second-order valence-electron chi connectivity index (χ2n) is 9.03. The van der Waals surface area contributed by atoms with Crippen LogP contribution in [0.1, 0.15) is 71.8 Å². The van der Waals surface area contributed by atoms with E-state index in [2.05, 4.69) is 48.2 Å². The van der Waals surface area contributed by atoms with Crippen LogP contribution in [0.2, 0.25) is 0 Å². The van der Waals surface area contributed by atoms with Crippen molar-refractivity contribution in [3.05, 3.63) is 23.9 Å². The molecule has 0 saturated heterocycles. The molecule has 7 nitrogen and oxygen atoms in total. The fourth-order valence-corrected chi connectivity index (χ4v) is 4.21. The third kappa shape index (κ3) is 7.94. The Balaban J connectivity index is 2.00. The molecule has 0 unspecified atom stereocenters. The Morgan fingerprint density at radius 3 is 2.37 bits per heavy atom. The number of nitrogens with two attached hydrogens (primary N) is 1. The molecule has 4 N–H and O–H groups in total. The van der Waals surface area contributed by atoms with Crippen molar-refractivity contribution in [2.75, 3.05) is 12.3 Å². The predicted molar refractivity (Wildman–Crippen MR) is 121 cm³/mol. The minimum atomic E-state index is -0.511. The third-order valence-corrected chi connectivity index (χ3v) is 5.91. The highest BCUT2D eigenvalue weighted by atomic mass is 16.2. The molecular formula is C23H39N5O2. The number of nitrogens with one attached hydrogen (secondary N) is 2. The molecule has 0 aliphatic heterocycles. The zero-order valence-electron chi connectivity index (χ0n) is 19.0. The maximum absolute atomic E-state index is 13.0. The van der Waals surface area contributed by atoms with Crippen molar-refractivity contribution < 1.29 is 9.59 Å². The molecule has 1 saturated carbocycles. The van der Waals surface area contributed by atoms with Crippen molar-refractivity contribution in [1.82, 2.24) is 20.5 Å². The van der Waals surface area contributed by atoms with Gasteiger partial charge in [0.1, 0.15) is 11.9 Å². The number of nitrogens with zero attached hydrogens (tertiary/aromatic N) is 2. The lowest BCUT2D eigenvalue weighted by Gasteiger charge is -2.31. The Hall–Kier alpha value is -2.15. The first-order valence-electron chi connectivity index (χ1n) is 11.3. The van der Waals surface area contributed by atoms with E-state index in [1.165, 1.54) is 19.3 Å². The van der Waals surface area contributed by atoms with Gasteiger partial charge in [-0.15, -0.1) is 0 Å². The Labute approximate surface area is 181 Å². The van der Waals surface area contributed by atoms with Gasteiger partial charge < -0.3 is 16.4 Å². The van der Waals surface area contributed by atoms with Crippen molar-refractivity contribution in [2.24, 2.45) is 5.92 Å². The third-order valence-electron chi connectivity index (χ3n) is 5.91. The average Bonchev–Trinajstić information content (AvgIpc) is 2.71. The lowest BCUT2D eigenvalue weighted by molar-refractivity contribution is -0.130. The van der Waals surface area contributed by atoms with Gasteiger partial charge in [-0.2, -0.15) is 0 Å². The van der Waals surface area contributed by atoms with Crippen LogP contribution in [0.5, 0.6) is 0 Å². The predicted octanol–water partition coefficient (Wildman–Crippen LogP) is 2.85. The number of rotatable bonds is 10. The van der Waals surface area contributed by atoms with Crippen molar-refractivity contribution in [3.63, 3.8) is 0 Å². The molecule has 1 fully saturated rings. The summed E-state index contributed by atoms with van der Waals surface area (Å²) in [5.74, 6) is 0.709. The number of hydrogen-bond acceptors (Lipinski definition) is 5. The summed E-state index contributed by atoms with van der Waals surface area (Å²) in [5, 5.41) is 5.99. The summed E-state index contributed by atoms with van der Waals surface area (Å²) in [5.41, 5.74) is 6.50. The number of aromatic nitrogens is 1. The van der Waals surface area contributed by atoms with Crippen LogP contribution >= 0.6 is 0 Å². The summed E-state index contributed by atoms with van der Waals surface area (Å²) >= 11 is 0. The number of nitrogen functional groups attached to an aromatic ring is 1. The topological polar surface area (TPSA) is 100 Å². The van der Waals surface area contributed by atoms with Crippen molar-refractivity contribution in [2.45, 2.75) is 90.9 Å². The maximum Gasteiger partial charge on any atom is 0.242 e. The molecule has 0 bridgehead atoms. The zero-order valence-corrected chi connectivity index (χ0v) is 19.0. The van der Waals surface area contributed by atoms with E-state index < -0.39 is 6.04 Å². The van der Waals surface area contributed by atoms with E-state index in [-0.39, 0.29) is 23.9 Å². The molecule has 7 heteroatoms. The van der Waals surface area contributed by atoms with Crippen LogP contribution in [0.15, 0.2) is 18.3 Å². The number of anilines is 1. The van der Waals surface area contributed by atoms with Gasteiger partial charge in [0.2, 0.25) is 11.8 Å². The molecule has 1 aliphatic rings. The molecule has 0 spiro atoms. The van der Waals surface area contributed by atoms with E-state index in [0.717, 1.165) is 18.4 Å². The van der Waals surface area contributed by atoms with Gasteiger partial charge in [-0.05, 0) is 51.7 Å². The fourth-order valence-electron chi connectivity index (χ4n) is 4.21. The Morgan fingerprint density at radius 1 is 1.13 bits per heavy atom. The van der Waals surface area contributed by atoms with E-state index in [1.807, 2.05) is 6.07 Å². The first kappa shape index (κ1) is 24.1. The van der Waals surface area contributed by atoms with Gasteiger partial charge in [0.25, 0.3) is 0 Å². The molecule has 168 valence electrons. The summed E-state index contributed by atoms with van der Waals surface area (Å²) in [6.45, 7) is 9.00.